The molecule has 0 fully saturated rings. The summed E-state index contributed by atoms with van der Waals surface area (Å²) < 4.78 is 5.37. The molecule has 0 radical (unpaired) electrons. The Balaban J connectivity index is 1.59. The van der Waals surface area contributed by atoms with E-state index in [9.17, 15) is 9.90 Å². The maximum Gasteiger partial charge on any atom is 0.407 e. The van der Waals surface area contributed by atoms with Gasteiger partial charge in [-0.05, 0) is 44.9 Å². The molecule has 0 aliphatic heterocycles. The number of hydrogen-bond donors (Lipinski definition) is 4. The molecule has 0 bridgehead atoms. The molecule has 7 nitrogen and oxygen atoms in total. The van der Waals surface area contributed by atoms with E-state index in [1.54, 1.807) is 0 Å². The first kappa shape index (κ1) is 21.8. The van der Waals surface area contributed by atoms with Gasteiger partial charge in [0.2, 0.25) is 0 Å². The summed E-state index contributed by atoms with van der Waals surface area (Å²) in [5.41, 5.74) is 2.30. The molecule has 0 spiro atoms. The fourth-order valence-electron chi connectivity index (χ4n) is 3.18. The highest BCUT2D eigenvalue weighted by Gasteiger charge is 2.25. The molecular weight excluding hydrogens is 380 g/mol. The van der Waals surface area contributed by atoms with E-state index in [1.165, 1.54) is 0 Å². The normalized spacial score (nSPS) is 13.7. The molecule has 4 N–H and O–H groups in total. The lowest BCUT2D eigenvalue weighted by Gasteiger charge is -2.27. The van der Waals surface area contributed by atoms with E-state index < -0.39 is 23.8 Å². The molecule has 160 valence electrons. The van der Waals surface area contributed by atoms with Crippen LogP contribution in [0, 0.1) is 0 Å². The van der Waals surface area contributed by atoms with Crippen LogP contribution in [-0.2, 0) is 17.7 Å². The first-order valence-electron chi connectivity index (χ1n) is 10.2. The Hall–Kier alpha value is -2.90. The summed E-state index contributed by atoms with van der Waals surface area (Å²) in [7, 11) is 0. The van der Waals surface area contributed by atoms with Gasteiger partial charge in [-0.25, -0.2) is 9.78 Å². The van der Waals surface area contributed by atoms with Gasteiger partial charge >= 0.3 is 6.09 Å². The number of fused-ring (bicyclic) bond motifs is 1. The van der Waals surface area contributed by atoms with Gasteiger partial charge in [0.15, 0.2) is 0 Å². The number of imidazole rings is 1. The third-order valence-corrected chi connectivity index (χ3v) is 4.55. The number of nitrogens with one attached hydrogen (secondary N) is 3. The summed E-state index contributed by atoms with van der Waals surface area (Å²) in [6.07, 6.45) is -0.852. The Morgan fingerprint density at radius 2 is 1.83 bits per heavy atom. The number of carbonyl (C=O) groups excluding carboxylic acids is 1. The smallest absolute Gasteiger partial charge is 0.407 e. The van der Waals surface area contributed by atoms with Crippen molar-refractivity contribution in [2.24, 2.45) is 0 Å². The van der Waals surface area contributed by atoms with Gasteiger partial charge in [-0.1, -0.05) is 42.5 Å². The van der Waals surface area contributed by atoms with Crippen molar-refractivity contribution < 1.29 is 14.6 Å². The summed E-state index contributed by atoms with van der Waals surface area (Å²) in [6, 6.07) is 17.1. The number of amides is 1. The minimum Gasteiger partial charge on any atom is -0.444 e. The minimum absolute atomic E-state index is 0.296. The lowest BCUT2D eigenvalue weighted by Crippen LogP contribution is -2.49. The highest BCUT2D eigenvalue weighted by atomic mass is 16.6. The van der Waals surface area contributed by atoms with Gasteiger partial charge in [-0.3, -0.25) is 0 Å². The monoisotopic (exact) mass is 410 g/mol. The fourth-order valence-corrected chi connectivity index (χ4v) is 3.18. The second kappa shape index (κ2) is 9.73. The number of alkyl carbamates (subject to hydrolysis) is 1. The lowest BCUT2D eigenvalue weighted by molar-refractivity contribution is 0.0422. The van der Waals surface area contributed by atoms with Gasteiger partial charge in [0.25, 0.3) is 0 Å². The molecule has 1 amide bonds. The van der Waals surface area contributed by atoms with E-state index in [0.29, 0.717) is 19.5 Å². The third-order valence-electron chi connectivity index (χ3n) is 4.55. The lowest BCUT2D eigenvalue weighted by atomic mass is 10.0. The second-order valence-electron chi connectivity index (χ2n) is 8.34. The number of aromatic amines is 1. The molecule has 2 aromatic carbocycles. The largest absolute Gasteiger partial charge is 0.444 e. The maximum absolute atomic E-state index is 12.3. The summed E-state index contributed by atoms with van der Waals surface area (Å²) in [5, 5.41) is 16.8. The van der Waals surface area contributed by atoms with Crippen molar-refractivity contribution in [1.29, 1.82) is 0 Å². The predicted octanol–water partition coefficient (Wildman–Crippen LogP) is 3.15. The Labute approximate surface area is 176 Å². The van der Waals surface area contributed by atoms with E-state index in [1.807, 2.05) is 75.4 Å². The van der Waals surface area contributed by atoms with Crippen molar-refractivity contribution >= 4 is 17.1 Å². The van der Waals surface area contributed by atoms with Crippen LogP contribution in [-0.4, -0.2) is 45.5 Å². The fraction of sp³-hybridized carbons (Fsp3) is 0.391. The number of rotatable bonds is 8. The first-order valence-corrected chi connectivity index (χ1v) is 10.2. The van der Waals surface area contributed by atoms with E-state index in [2.05, 4.69) is 20.6 Å². The van der Waals surface area contributed by atoms with Gasteiger partial charge in [-0.15, -0.1) is 0 Å². The van der Waals surface area contributed by atoms with Crippen LogP contribution >= 0.6 is 0 Å². The number of aliphatic hydroxyl groups excluding tert-OH is 1. The van der Waals surface area contributed by atoms with Crippen molar-refractivity contribution in [3.05, 3.63) is 66.0 Å². The number of ether oxygens (including phenoxy) is 1. The molecule has 2 atom stereocenters. The molecule has 0 aliphatic carbocycles. The first-order chi connectivity index (χ1) is 14.3. The van der Waals surface area contributed by atoms with Gasteiger partial charge in [0.1, 0.15) is 11.4 Å². The number of hydrogen-bond acceptors (Lipinski definition) is 5. The van der Waals surface area contributed by atoms with Crippen molar-refractivity contribution in [2.75, 3.05) is 6.54 Å². The molecule has 30 heavy (non-hydrogen) atoms. The molecule has 1 aromatic heterocycles. The number of benzene rings is 2. The number of aromatic nitrogens is 2. The predicted molar refractivity (Wildman–Crippen MR) is 117 cm³/mol. The van der Waals surface area contributed by atoms with Gasteiger partial charge in [0.05, 0.1) is 29.7 Å². The van der Waals surface area contributed by atoms with E-state index in [4.69, 9.17) is 4.74 Å². The highest BCUT2D eigenvalue weighted by Crippen LogP contribution is 2.12. The van der Waals surface area contributed by atoms with E-state index >= 15 is 0 Å². The van der Waals surface area contributed by atoms with Gasteiger partial charge in [-0.2, -0.15) is 0 Å². The van der Waals surface area contributed by atoms with Crippen LogP contribution in [0.15, 0.2) is 54.6 Å². The zero-order valence-electron chi connectivity index (χ0n) is 17.7. The van der Waals surface area contributed by atoms with Gasteiger partial charge < -0.3 is 25.5 Å². The SMILES string of the molecule is CC(C)(C)OC(=O)N[C@@H](Cc1ccccc1)[C@H](O)CNCc1nc2ccccc2[nH]1. The Morgan fingerprint density at radius 1 is 1.13 bits per heavy atom. The average molecular weight is 411 g/mol. The Bertz CT molecular complexity index is 917. The molecule has 3 rings (SSSR count). The molecule has 1 heterocycles. The van der Waals surface area contributed by atoms with Gasteiger partial charge in [0, 0.05) is 6.54 Å². The Morgan fingerprint density at radius 3 is 2.53 bits per heavy atom. The molecule has 0 saturated heterocycles. The van der Waals surface area contributed by atoms with Crippen LogP contribution in [0.25, 0.3) is 11.0 Å². The average Bonchev–Trinajstić information content (AvgIpc) is 3.09. The van der Waals surface area contributed by atoms with E-state index in [0.717, 1.165) is 22.4 Å². The standard InChI is InChI=1S/C23H30N4O3/c1-23(2,3)30-22(29)27-19(13-16-9-5-4-6-10-16)20(28)14-24-15-21-25-17-11-7-8-12-18(17)26-21/h4-12,19-20,24,28H,13-15H2,1-3H3,(H,25,26)(H,27,29)/t19-,20+/m0/s1. The number of nitrogens with zero attached hydrogens (tertiary/aromatic N) is 1. The van der Waals surface area contributed by atoms with Crippen molar-refractivity contribution in [2.45, 2.75) is 51.5 Å². The van der Waals surface area contributed by atoms with Crippen LogP contribution in [0.1, 0.15) is 32.2 Å². The quantitative estimate of drug-likeness (QED) is 0.457. The number of H-pyrrole nitrogens is 1. The number of para-hydroxylation sites is 2. The third kappa shape index (κ3) is 6.57. The topological polar surface area (TPSA) is 99.3 Å². The molecule has 0 aliphatic rings. The minimum atomic E-state index is -0.804. The molecule has 7 heteroatoms. The van der Waals surface area contributed by atoms with Crippen LogP contribution in [0.5, 0.6) is 0 Å². The van der Waals surface area contributed by atoms with Crippen molar-refractivity contribution in [3.63, 3.8) is 0 Å². The molecule has 3 aromatic rings. The highest BCUT2D eigenvalue weighted by molar-refractivity contribution is 5.74. The van der Waals surface area contributed by atoms with E-state index in [-0.39, 0.29) is 0 Å². The summed E-state index contributed by atoms with van der Waals surface area (Å²) in [4.78, 5) is 20.1. The number of aliphatic hydroxyl groups is 1. The maximum atomic E-state index is 12.3. The van der Waals surface area contributed by atoms with Crippen LogP contribution < -0.4 is 10.6 Å². The zero-order valence-corrected chi connectivity index (χ0v) is 17.7. The summed E-state index contributed by atoms with van der Waals surface area (Å²) in [5.74, 6) is 0.795. The molecule has 0 unspecified atom stereocenters. The molecular formula is C23H30N4O3. The number of carbonyl (C=O) groups is 1. The van der Waals surface area contributed by atoms with Crippen LogP contribution in [0.2, 0.25) is 0 Å². The summed E-state index contributed by atoms with van der Waals surface area (Å²) in [6.45, 7) is 6.21. The van der Waals surface area contributed by atoms with Crippen LogP contribution in [0.3, 0.4) is 0 Å². The van der Waals surface area contributed by atoms with Crippen LogP contribution in [0.4, 0.5) is 4.79 Å². The van der Waals surface area contributed by atoms with Crippen molar-refractivity contribution in [1.82, 2.24) is 20.6 Å². The summed E-state index contributed by atoms with van der Waals surface area (Å²) >= 11 is 0. The Kier molecular flexibility index (Phi) is 7.07. The molecule has 0 saturated carbocycles. The van der Waals surface area contributed by atoms with Crippen molar-refractivity contribution in [3.8, 4) is 0 Å². The zero-order chi connectivity index (χ0) is 21.6. The second-order valence-corrected chi connectivity index (χ2v) is 8.34.